The first-order valence-electron chi connectivity index (χ1n) is 2.68. The van der Waals surface area contributed by atoms with E-state index in [2.05, 4.69) is 4.52 Å². The molecule has 56 valence electrons. The second-order valence-corrected chi connectivity index (χ2v) is 3.88. The van der Waals surface area contributed by atoms with Crippen molar-refractivity contribution in [3.63, 3.8) is 0 Å². The zero-order valence-electron chi connectivity index (χ0n) is 5.57. The molecule has 1 unspecified atom stereocenters. The largest absolute Gasteiger partial charge is 0.344 e. The van der Waals surface area contributed by atoms with Crippen molar-refractivity contribution < 1.29 is 14.0 Å². The van der Waals surface area contributed by atoms with E-state index in [1.807, 2.05) is 0 Å². The molecule has 0 rings (SSSR count). The van der Waals surface area contributed by atoms with Gasteiger partial charge in [-0.3, -0.25) is 4.57 Å². The van der Waals surface area contributed by atoms with Crippen molar-refractivity contribution in [2.24, 2.45) is 5.73 Å². The topological polar surface area (TPSA) is 72.6 Å². The van der Waals surface area contributed by atoms with E-state index >= 15 is 0 Å². The third-order valence-corrected chi connectivity index (χ3v) is 2.83. The maximum atomic E-state index is 10.7. The molecular weight excluding hydrogens is 141 g/mol. The summed E-state index contributed by atoms with van der Waals surface area (Å²) >= 11 is 0. The lowest BCUT2D eigenvalue weighted by Crippen LogP contribution is -2.19. The minimum Gasteiger partial charge on any atom is -0.323 e. The Morgan fingerprint density at radius 3 is 2.44 bits per heavy atom. The van der Waals surface area contributed by atoms with Crippen LogP contribution in [0.5, 0.6) is 0 Å². The summed E-state index contributed by atoms with van der Waals surface area (Å²) in [6, 6.07) is 0. The fourth-order valence-corrected chi connectivity index (χ4v) is 1.10. The molecule has 0 radical (unpaired) electrons. The van der Waals surface area contributed by atoms with Gasteiger partial charge < -0.3 is 15.2 Å². The summed E-state index contributed by atoms with van der Waals surface area (Å²) < 4.78 is 15.0. The van der Waals surface area contributed by atoms with Crippen LogP contribution in [0, 0.1) is 0 Å². The van der Waals surface area contributed by atoms with Gasteiger partial charge in [0.15, 0.2) is 0 Å². The van der Waals surface area contributed by atoms with Crippen LogP contribution in [0.25, 0.3) is 0 Å². The maximum Gasteiger partial charge on any atom is 0.344 e. The van der Waals surface area contributed by atoms with Crippen molar-refractivity contribution >= 4 is 7.60 Å². The van der Waals surface area contributed by atoms with Crippen molar-refractivity contribution in [2.75, 3.05) is 7.11 Å². The Hall–Kier alpha value is 0.110. The van der Waals surface area contributed by atoms with E-state index in [0.29, 0.717) is 6.42 Å². The molecule has 4 nitrogen and oxygen atoms in total. The maximum absolute atomic E-state index is 10.7. The molecule has 0 saturated carbocycles. The molecular formula is C4H12NO3P. The summed E-state index contributed by atoms with van der Waals surface area (Å²) in [7, 11) is -2.31. The van der Waals surface area contributed by atoms with Gasteiger partial charge in [-0.05, 0) is 6.42 Å². The Balaban J connectivity index is 3.98. The SMILES string of the molecule is CC[C@@H](N)P(=O)(O)OC. The van der Waals surface area contributed by atoms with Crippen LogP contribution in [0.4, 0.5) is 0 Å². The van der Waals surface area contributed by atoms with Crippen LogP contribution in [0.3, 0.4) is 0 Å². The standard InChI is InChI=1S/C4H12NO3P/c1-3-4(5)9(6,7)8-2/h4H,3,5H2,1-2H3,(H,6,7)/t4-/m0/s1. The van der Waals surface area contributed by atoms with Crippen LogP contribution >= 0.6 is 7.60 Å². The van der Waals surface area contributed by atoms with Crippen LogP contribution in [0.15, 0.2) is 0 Å². The summed E-state index contributed by atoms with van der Waals surface area (Å²) in [4.78, 5) is 8.80. The van der Waals surface area contributed by atoms with Gasteiger partial charge in [0, 0.05) is 7.11 Å². The molecule has 0 aliphatic rings. The molecule has 0 heterocycles. The lowest BCUT2D eigenvalue weighted by Gasteiger charge is -2.13. The van der Waals surface area contributed by atoms with Gasteiger partial charge in [0.25, 0.3) is 0 Å². The molecule has 0 spiro atoms. The van der Waals surface area contributed by atoms with Crippen molar-refractivity contribution in [1.29, 1.82) is 0 Å². The quantitative estimate of drug-likeness (QED) is 0.579. The van der Waals surface area contributed by atoms with Gasteiger partial charge in [-0.25, -0.2) is 0 Å². The highest BCUT2D eigenvalue weighted by Gasteiger charge is 2.25. The van der Waals surface area contributed by atoms with E-state index in [0.717, 1.165) is 0 Å². The molecule has 9 heavy (non-hydrogen) atoms. The molecule has 0 fully saturated rings. The smallest absolute Gasteiger partial charge is 0.323 e. The fraction of sp³-hybridized carbons (Fsp3) is 1.00. The minimum absolute atomic E-state index is 0.446. The van der Waals surface area contributed by atoms with Crippen molar-refractivity contribution in [2.45, 2.75) is 19.1 Å². The molecule has 0 aliphatic carbocycles. The average molecular weight is 153 g/mol. The first-order valence-corrected chi connectivity index (χ1v) is 4.33. The van der Waals surface area contributed by atoms with Gasteiger partial charge >= 0.3 is 7.60 Å². The van der Waals surface area contributed by atoms with Crippen molar-refractivity contribution in [1.82, 2.24) is 0 Å². The van der Waals surface area contributed by atoms with E-state index < -0.39 is 13.4 Å². The molecule has 0 aromatic carbocycles. The van der Waals surface area contributed by atoms with E-state index in [-0.39, 0.29) is 0 Å². The van der Waals surface area contributed by atoms with Gasteiger partial charge in [0.1, 0.15) is 5.78 Å². The summed E-state index contributed by atoms with van der Waals surface area (Å²) in [5, 5.41) is 0. The first kappa shape index (κ1) is 9.11. The second kappa shape index (κ2) is 3.32. The van der Waals surface area contributed by atoms with Gasteiger partial charge in [0.05, 0.1) is 0 Å². The normalized spacial score (nSPS) is 20.9. The van der Waals surface area contributed by atoms with Gasteiger partial charge in [0.2, 0.25) is 0 Å². The number of hydrogen-bond acceptors (Lipinski definition) is 3. The third kappa shape index (κ3) is 2.45. The predicted molar refractivity (Wildman–Crippen MR) is 35.1 cm³/mol. The molecule has 0 saturated heterocycles. The van der Waals surface area contributed by atoms with Gasteiger partial charge in [-0.1, -0.05) is 6.92 Å². The highest BCUT2D eigenvalue weighted by atomic mass is 31.2. The number of nitrogens with two attached hydrogens (primary N) is 1. The third-order valence-electron chi connectivity index (χ3n) is 1.10. The Morgan fingerprint density at radius 2 is 2.33 bits per heavy atom. The van der Waals surface area contributed by atoms with E-state index in [4.69, 9.17) is 10.6 Å². The van der Waals surface area contributed by atoms with Gasteiger partial charge in [-0.15, -0.1) is 0 Å². The monoisotopic (exact) mass is 153 g/mol. The van der Waals surface area contributed by atoms with Crippen LogP contribution in [-0.4, -0.2) is 17.8 Å². The van der Waals surface area contributed by atoms with E-state index in [1.165, 1.54) is 7.11 Å². The molecule has 0 aromatic heterocycles. The molecule has 0 aliphatic heterocycles. The lowest BCUT2D eigenvalue weighted by atomic mass is 10.5. The zero-order valence-corrected chi connectivity index (χ0v) is 6.47. The van der Waals surface area contributed by atoms with Crippen LogP contribution in [-0.2, 0) is 9.09 Å². The number of hydrogen-bond donors (Lipinski definition) is 2. The minimum atomic E-state index is -3.49. The Labute approximate surface area is 54.5 Å². The number of rotatable bonds is 3. The lowest BCUT2D eigenvalue weighted by molar-refractivity contribution is 0.303. The summed E-state index contributed by atoms with van der Waals surface area (Å²) in [6.07, 6.45) is 0.446. The Kier molecular flexibility index (Phi) is 3.36. The first-order chi connectivity index (χ1) is 4.04. The summed E-state index contributed by atoms with van der Waals surface area (Å²) in [5.41, 5.74) is 5.22. The Bertz CT molecular complexity index is 127. The van der Waals surface area contributed by atoms with Gasteiger partial charge in [-0.2, -0.15) is 0 Å². The molecule has 5 heteroatoms. The fourth-order valence-electron chi connectivity index (χ4n) is 0.366. The van der Waals surface area contributed by atoms with Crippen LogP contribution in [0.2, 0.25) is 0 Å². The molecule has 0 bridgehead atoms. The molecule has 0 aromatic rings. The van der Waals surface area contributed by atoms with Crippen LogP contribution < -0.4 is 5.73 Å². The summed E-state index contributed by atoms with van der Waals surface area (Å²) in [6.45, 7) is 1.73. The summed E-state index contributed by atoms with van der Waals surface area (Å²) in [5.74, 6) is -0.748. The highest BCUT2D eigenvalue weighted by Crippen LogP contribution is 2.44. The second-order valence-electron chi connectivity index (χ2n) is 1.72. The molecule has 3 N–H and O–H groups in total. The van der Waals surface area contributed by atoms with E-state index in [1.54, 1.807) is 6.92 Å². The molecule has 2 atom stereocenters. The van der Waals surface area contributed by atoms with Crippen molar-refractivity contribution in [3.8, 4) is 0 Å². The highest BCUT2D eigenvalue weighted by molar-refractivity contribution is 7.53. The Morgan fingerprint density at radius 1 is 1.89 bits per heavy atom. The molecule has 0 amide bonds. The van der Waals surface area contributed by atoms with Crippen molar-refractivity contribution in [3.05, 3.63) is 0 Å². The zero-order chi connectivity index (χ0) is 7.49. The predicted octanol–water partition coefficient (Wildman–Crippen LogP) is 0.513. The average Bonchev–Trinajstić information content (AvgIpc) is 1.86. The van der Waals surface area contributed by atoms with E-state index in [9.17, 15) is 4.57 Å². The van der Waals surface area contributed by atoms with Crippen LogP contribution in [0.1, 0.15) is 13.3 Å².